The van der Waals surface area contributed by atoms with Gasteiger partial charge >= 0.3 is 0 Å². The van der Waals surface area contributed by atoms with Crippen LogP contribution in [0.4, 0.5) is 4.39 Å². The molecule has 0 aliphatic carbocycles. The number of methoxy groups -OCH3 is 1. The van der Waals surface area contributed by atoms with Gasteiger partial charge in [0.25, 0.3) is 5.91 Å². The zero-order valence-electron chi connectivity index (χ0n) is 13.9. The fourth-order valence-electron chi connectivity index (χ4n) is 2.86. The van der Waals surface area contributed by atoms with Crippen molar-refractivity contribution in [3.05, 3.63) is 65.5 Å². The Morgan fingerprint density at radius 3 is 2.76 bits per heavy atom. The van der Waals surface area contributed by atoms with E-state index in [9.17, 15) is 14.0 Å². The van der Waals surface area contributed by atoms with Gasteiger partial charge in [-0.2, -0.15) is 0 Å². The van der Waals surface area contributed by atoms with Crippen LogP contribution in [0.3, 0.4) is 0 Å². The predicted molar refractivity (Wildman–Crippen MR) is 90.7 cm³/mol. The molecule has 1 heterocycles. The Labute approximate surface area is 145 Å². The quantitative estimate of drug-likeness (QED) is 0.907. The molecule has 1 aliphatic heterocycles. The molecule has 3 rings (SSSR count). The van der Waals surface area contributed by atoms with Crippen molar-refractivity contribution in [1.29, 1.82) is 0 Å². The third-order valence-corrected chi connectivity index (χ3v) is 4.17. The topological polar surface area (TPSA) is 58.6 Å². The van der Waals surface area contributed by atoms with Crippen LogP contribution < -0.4 is 10.1 Å². The molecule has 1 N–H and O–H groups in total. The number of ether oxygens (including phenoxy) is 1. The number of carbonyl (C=O) groups excluding carboxylic acids is 2. The molecule has 0 unspecified atom stereocenters. The van der Waals surface area contributed by atoms with Crippen molar-refractivity contribution in [2.75, 3.05) is 13.7 Å². The summed E-state index contributed by atoms with van der Waals surface area (Å²) in [4.78, 5) is 26.2. The van der Waals surface area contributed by atoms with E-state index in [2.05, 4.69) is 5.32 Å². The van der Waals surface area contributed by atoms with E-state index in [1.54, 1.807) is 48.4 Å². The molecule has 1 atom stereocenters. The largest absolute Gasteiger partial charge is 0.497 e. The summed E-state index contributed by atoms with van der Waals surface area (Å²) >= 11 is 0. The smallest absolute Gasteiger partial charge is 0.251 e. The lowest BCUT2D eigenvalue weighted by Crippen LogP contribution is -2.37. The summed E-state index contributed by atoms with van der Waals surface area (Å²) in [6.45, 7) is 0.844. The van der Waals surface area contributed by atoms with Crippen LogP contribution in [-0.4, -0.2) is 36.4 Å². The van der Waals surface area contributed by atoms with Crippen molar-refractivity contribution < 1.29 is 18.7 Å². The highest BCUT2D eigenvalue weighted by Gasteiger charge is 2.30. The van der Waals surface area contributed by atoms with Gasteiger partial charge in [0.15, 0.2) is 0 Å². The first kappa shape index (κ1) is 17.0. The number of nitrogens with zero attached hydrogens (tertiary/aromatic N) is 1. The van der Waals surface area contributed by atoms with Crippen LogP contribution in [0.5, 0.6) is 5.75 Å². The first-order chi connectivity index (χ1) is 12.0. The fourth-order valence-corrected chi connectivity index (χ4v) is 2.86. The average Bonchev–Trinajstić information content (AvgIpc) is 2.96. The minimum absolute atomic E-state index is 0.0275. The first-order valence-electron chi connectivity index (χ1n) is 8.02. The van der Waals surface area contributed by atoms with Gasteiger partial charge in [-0.05, 0) is 35.9 Å². The number of likely N-dealkylation sites (tertiary alicyclic amines) is 1. The maximum absolute atomic E-state index is 13.0. The average molecular weight is 342 g/mol. The Hall–Kier alpha value is -2.89. The number of benzene rings is 2. The molecule has 1 fully saturated rings. The third kappa shape index (κ3) is 4.15. The van der Waals surface area contributed by atoms with Crippen molar-refractivity contribution in [2.45, 2.75) is 19.0 Å². The summed E-state index contributed by atoms with van der Waals surface area (Å²) in [5.74, 6) is 0.0358. The Bertz CT molecular complexity index is 776. The molecule has 130 valence electrons. The van der Waals surface area contributed by atoms with Crippen LogP contribution in [0.25, 0.3) is 0 Å². The van der Waals surface area contributed by atoms with Gasteiger partial charge < -0.3 is 15.0 Å². The number of carbonyl (C=O) groups is 2. The number of rotatable bonds is 5. The number of halogens is 1. The first-order valence-corrected chi connectivity index (χ1v) is 8.02. The summed E-state index contributed by atoms with van der Waals surface area (Å²) in [6.07, 6.45) is 0.261. The molecule has 0 spiro atoms. The molecule has 0 saturated carbocycles. The summed E-state index contributed by atoms with van der Waals surface area (Å²) in [5.41, 5.74) is 1.35. The minimum Gasteiger partial charge on any atom is -0.497 e. The molecule has 25 heavy (non-hydrogen) atoms. The Kier molecular flexibility index (Phi) is 4.97. The third-order valence-electron chi connectivity index (χ3n) is 4.17. The highest BCUT2D eigenvalue weighted by molar-refractivity contribution is 5.95. The lowest BCUT2D eigenvalue weighted by Gasteiger charge is -2.17. The highest BCUT2D eigenvalue weighted by Crippen LogP contribution is 2.17. The van der Waals surface area contributed by atoms with Gasteiger partial charge in [0, 0.05) is 25.1 Å². The second kappa shape index (κ2) is 7.34. The lowest BCUT2D eigenvalue weighted by atomic mass is 10.1. The zero-order valence-corrected chi connectivity index (χ0v) is 13.9. The van der Waals surface area contributed by atoms with E-state index in [1.165, 1.54) is 12.1 Å². The van der Waals surface area contributed by atoms with Crippen molar-refractivity contribution in [1.82, 2.24) is 10.2 Å². The van der Waals surface area contributed by atoms with Crippen LogP contribution >= 0.6 is 0 Å². The van der Waals surface area contributed by atoms with Crippen LogP contribution in [0, 0.1) is 5.82 Å². The normalized spacial score (nSPS) is 16.8. The molecular formula is C19H19FN2O3. The standard InChI is InChI=1S/C19H19FN2O3/c1-25-17-4-2-3-14(9-17)19(24)21-16-10-18(23)22(12-16)11-13-5-7-15(20)8-6-13/h2-9,16H,10-12H2,1H3,(H,21,24)/t16-/m1/s1. The lowest BCUT2D eigenvalue weighted by molar-refractivity contribution is -0.128. The molecule has 0 bridgehead atoms. The Morgan fingerprint density at radius 1 is 1.28 bits per heavy atom. The number of hydrogen-bond donors (Lipinski definition) is 1. The predicted octanol–water partition coefficient (Wildman–Crippen LogP) is 2.37. The second-order valence-electron chi connectivity index (χ2n) is 6.01. The van der Waals surface area contributed by atoms with Gasteiger partial charge in [0.1, 0.15) is 11.6 Å². The van der Waals surface area contributed by atoms with Gasteiger partial charge in [0.05, 0.1) is 13.2 Å². The summed E-state index contributed by atoms with van der Waals surface area (Å²) in [7, 11) is 1.54. The van der Waals surface area contributed by atoms with Gasteiger partial charge in [-0.25, -0.2) is 4.39 Å². The van der Waals surface area contributed by atoms with Crippen LogP contribution in [-0.2, 0) is 11.3 Å². The molecule has 2 amide bonds. The molecule has 6 heteroatoms. The zero-order chi connectivity index (χ0) is 17.8. The van der Waals surface area contributed by atoms with E-state index in [0.717, 1.165) is 5.56 Å². The van der Waals surface area contributed by atoms with Gasteiger partial charge in [0.2, 0.25) is 5.91 Å². The monoisotopic (exact) mass is 342 g/mol. The summed E-state index contributed by atoms with van der Waals surface area (Å²) < 4.78 is 18.1. The molecule has 5 nitrogen and oxygen atoms in total. The number of nitrogens with one attached hydrogen (secondary N) is 1. The number of hydrogen-bond acceptors (Lipinski definition) is 3. The van der Waals surface area contributed by atoms with Gasteiger partial charge in [-0.3, -0.25) is 9.59 Å². The van der Waals surface area contributed by atoms with Crippen molar-refractivity contribution in [3.8, 4) is 5.75 Å². The van der Waals surface area contributed by atoms with E-state index < -0.39 is 0 Å². The maximum atomic E-state index is 13.0. The molecule has 1 aliphatic rings. The molecular weight excluding hydrogens is 323 g/mol. The van der Waals surface area contributed by atoms with Gasteiger partial charge in [-0.15, -0.1) is 0 Å². The van der Waals surface area contributed by atoms with Crippen molar-refractivity contribution in [2.24, 2.45) is 0 Å². The van der Waals surface area contributed by atoms with E-state index in [0.29, 0.717) is 24.4 Å². The highest BCUT2D eigenvalue weighted by atomic mass is 19.1. The molecule has 0 aromatic heterocycles. The van der Waals surface area contributed by atoms with Crippen LogP contribution in [0.1, 0.15) is 22.3 Å². The minimum atomic E-state index is -0.306. The molecule has 0 radical (unpaired) electrons. The summed E-state index contributed by atoms with van der Waals surface area (Å²) in [6, 6.07) is 12.7. The van der Waals surface area contributed by atoms with E-state index in [-0.39, 0.29) is 30.1 Å². The second-order valence-corrected chi connectivity index (χ2v) is 6.01. The Morgan fingerprint density at radius 2 is 2.04 bits per heavy atom. The van der Waals surface area contributed by atoms with Crippen molar-refractivity contribution >= 4 is 11.8 Å². The molecule has 1 saturated heterocycles. The SMILES string of the molecule is COc1cccc(C(=O)N[C@@H]2CC(=O)N(Cc3ccc(F)cc3)C2)c1. The van der Waals surface area contributed by atoms with Crippen LogP contribution in [0.2, 0.25) is 0 Å². The molecule has 2 aromatic rings. The van der Waals surface area contributed by atoms with E-state index >= 15 is 0 Å². The fraction of sp³-hybridized carbons (Fsp3) is 0.263. The van der Waals surface area contributed by atoms with E-state index in [1.807, 2.05) is 0 Å². The maximum Gasteiger partial charge on any atom is 0.251 e. The van der Waals surface area contributed by atoms with Gasteiger partial charge in [-0.1, -0.05) is 18.2 Å². The Balaban J connectivity index is 1.60. The summed E-state index contributed by atoms with van der Waals surface area (Å²) in [5, 5.41) is 2.88. The number of amides is 2. The molecule has 2 aromatic carbocycles. The van der Waals surface area contributed by atoms with Crippen molar-refractivity contribution in [3.63, 3.8) is 0 Å². The van der Waals surface area contributed by atoms with E-state index in [4.69, 9.17) is 4.74 Å². The van der Waals surface area contributed by atoms with Crippen LogP contribution in [0.15, 0.2) is 48.5 Å².